The molecule has 0 saturated heterocycles. The average Bonchev–Trinajstić information content (AvgIpc) is 1.63. The summed E-state index contributed by atoms with van der Waals surface area (Å²) in [4.78, 5) is -0.793. The van der Waals surface area contributed by atoms with Crippen LogP contribution in [0.5, 0.6) is 0 Å². The Balaban J connectivity index is 3.38. The second-order valence-corrected chi connectivity index (χ2v) is 2.89. The minimum atomic E-state index is -2.37. The predicted octanol–water partition coefficient (Wildman–Crippen LogP) is 2.90. The van der Waals surface area contributed by atoms with Crippen molar-refractivity contribution in [3.63, 3.8) is 0 Å². The van der Waals surface area contributed by atoms with Crippen molar-refractivity contribution in [3.05, 3.63) is 6.92 Å². The van der Waals surface area contributed by atoms with Gasteiger partial charge in [0, 0.05) is 6.42 Å². The van der Waals surface area contributed by atoms with Gasteiger partial charge in [0.2, 0.25) is 6.43 Å². The Hall–Kier alpha value is 0.440. The van der Waals surface area contributed by atoms with Crippen LogP contribution in [0.25, 0.3) is 0 Å². The quantitative estimate of drug-likeness (QED) is 0.580. The standard InChI is InChI=1S/C5H7Cl2F2/c1-3(5(6)7)2-4(8)9/h3-5H,1-2H2. The number of hydrogen-bond donors (Lipinski definition) is 0. The van der Waals surface area contributed by atoms with Gasteiger partial charge in [-0.1, -0.05) is 0 Å². The highest BCUT2D eigenvalue weighted by Crippen LogP contribution is 2.20. The van der Waals surface area contributed by atoms with E-state index in [0.717, 1.165) is 0 Å². The Labute approximate surface area is 63.1 Å². The molecule has 9 heavy (non-hydrogen) atoms. The summed E-state index contributed by atoms with van der Waals surface area (Å²) in [5, 5.41) is 0. The zero-order valence-electron chi connectivity index (χ0n) is 4.66. The summed E-state index contributed by atoms with van der Waals surface area (Å²) in [6.07, 6.45) is -2.70. The van der Waals surface area contributed by atoms with Crippen molar-refractivity contribution in [1.82, 2.24) is 0 Å². The van der Waals surface area contributed by atoms with Crippen molar-refractivity contribution in [2.75, 3.05) is 0 Å². The fraction of sp³-hybridized carbons (Fsp3) is 0.800. The van der Waals surface area contributed by atoms with Gasteiger partial charge < -0.3 is 0 Å². The van der Waals surface area contributed by atoms with Crippen LogP contribution in [0.15, 0.2) is 0 Å². The van der Waals surface area contributed by atoms with Crippen LogP contribution in [-0.2, 0) is 0 Å². The monoisotopic (exact) mass is 175 g/mol. The SMILES string of the molecule is [CH2]C(CC(F)F)C(Cl)Cl. The third-order valence-electron chi connectivity index (χ3n) is 0.837. The summed E-state index contributed by atoms with van der Waals surface area (Å²) < 4.78 is 23.0. The first-order valence-electron chi connectivity index (χ1n) is 2.43. The molecule has 0 aromatic rings. The lowest BCUT2D eigenvalue weighted by Gasteiger charge is -2.09. The highest BCUT2D eigenvalue weighted by Gasteiger charge is 2.16. The molecule has 0 spiro atoms. The molecular weight excluding hydrogens is 169 g/mol. The molecule has 0 nitrogen and oxygen atoms in total. The van der Waals surface area contributed by atoms with Gasteiger partial charge in [-0.25, -0.2) is 8.78 Å². The van der Waals surface area contributed by atoms with E-state index in [1.165, 1.54) is 0 Å². The smallest absolute Gasteiger partial charge is 0.211 e. The van der Waals surface area contributed by atoms with Gasteiger partial charge in [0.05, 0.1) is 0 Å². The van der Waals surface area contributed by atoms with Crippen LogP contribution < -0.4 is 0 Å². The van der Waals surface area contributed by atoms with Crippen molar-refractivity contribution in [2.24, 2.45) is 5.92 Å². The molecule has 1 atom stereocenters. The van der Waals surface area contributed by atoms with Crippen LogP contribution in [0, 0.1) is 12.8 Å². The van der Waals surface area contributed by atoms with E-state index in [1.54, 1.807) is 0 Å². The number of rotatable bonds is 3. The van der Waals surface area contributed by atoms with E-state index >= 15 is 0 Å². The maximum absolute atomic E-state index is 11.5. The van der Waals surface area contributed by atoms with Crippen molar-refractivity contribution in [2.45, 2.75) is 17.7 Å². The maximum atomic E-state index is 11.5. The summed E-state index contributed by atoms with van der Waals surface area (Å²) in [7, 11) is 0. The van der Waals surface area contributed by atoms with Crippen LogP contribution in [0.2, 0.25) is 0 Å². The molecule has 55 valence electrons. The van der Waals surface area contributed by atoms with Gasteiger partial charge in [-0.05, 0) is 12.8 Å². The molecule has 0 saturated carbocycles. The molecule has 1 unspecified atom stereocenters. The molecule has 1 radical (unpaired) electrons. The van der Waals surface area contributed by atoms with E-state index in [0.29, 0.717) is 0 Å². The molecule has 4 heteroatoms. The lowest BCUT2D eigenvalue weighted by atomic mass is 10.1. The number of hydrogen-bond acceptors (Lipinski definition) is 0. The fourth-order valence-electron chi connectivity index (χ4n) is 0.332. The maximum Gasteiger partial charge on any atom is 0.239 e. The Morgan fingerprint density at radius 3 is 1.89 bits per heavy atom. The number of alkyl halides is 4. The van der Waals surface area contributed by atoms with Crippen molar-refractivity contribution >= 4 is 23.2 Å². The van der Waals surface area contributed by atoms with Crippen LogP contribution >= 0.6 is 23.2 Å². The van der Waals surface area contributed by atoms with Gasteiger partial charge in [0.1, 0.15) is 4.84 Å². The predicted molar refractivity (Wildman–Crippen MR) is 35.0 cm³/mol. The minimum absolute atomic E-state index is 0.336. The highest BCUT2D eigenvalue weighted by atomic mass is 35.5. The zero-order chi connectivity index (χ0) is 7.44. The molecule has 0 aliphatic rings. The van der Waals surface area contributed by atoms with E-state index in [-0.39, 0.29) is 6.42 Å². The molecular formula is C5H7Cl2F2. The summed E-state index contributed by atoms with van der Waals surface area (Å²) in [6.45, 7) is 3.33. The van der Waals surface area contributed by atoms with Gasteiger partial charge in [-0.15, -0.1) is 23.2 Å². The van der Waals surface area contributed by atoms with Crippen LogP contribution in [0.1, 0.15) is 6.42 Å². The van der Waals surface area contributed by atoms with Crippen LogP contribution in [0.3, 0.4) is 0 Å². The van der Waals surface area contributed by atoms with E-state index in [1.807, 2.05) is 0 Å². The third-order valence-corrected chi connectivity index (χ3v) is 1.55. The first kappa shape index (κ1) is 9.44. The molecule has 0 aliphatic heterocycles. The Bertz CT molecular complexity index is 75.4. The largest absolute Gasteiger partial charge is 0.239 e. The summed E-state index contributed by atoms with van der Waals surface area (Å²) in [5.41, 5.74) is 0. The van der Waals surface area contributed by atoms with Crippen LogP contribution in [0.4, 0.5) is 8.78 Å². The van der Waals surface area contributed by atoms with Gasteiger partial charge >= 0.3 is 0 Å². The first-order valence-corrected chi connectivity index (χ1v) is 3.30. The molecule has 0 aromatic carbocycles. The van der Waals surface area contributed by atoms with Gasteiger partial charge in [0.15, 0.2) is 0 Å². The Morgan fingerprint density at radius 2 is 1.78 bits per heavy atom. The lowest BCUT2D eigenvalue weighted by Crippen LogP contribution is -2.09. The topological polar surface area (TPSA) is 0 Å². The van der Waals surface area contributed by atoms with E-state index < -0.39 is 17.2 Å². The molecule has 0 aromatic heterocycles. The molecule has 0 fully saturated rings. The van der Waals surface area contributed by atoms with Crippen LogP contribution in [-0.4, -0.2) is 11.3 Å². The molecule has 0 N–H and O–H groups in total. The normalized spacial score (nSPS) is 15.0. The number of halogens is 4. The summed E-state index contributed by atoms with van der Waals surface area (Å²) in [6, 6.07) is 0. The third kappa shape index (κ3) is 4.91. The molecule has 0 heterocycles. The average molecular weight is 176 g/mol. The van der Waals surface area contributed by atoms with Crippen molar-refractivity contribution < 1.29 is 8.78 Å². The fourth-order valence-corrected chi connectivity index (χ4v) is 0.537. The Kier molecular flexibility index (Phi) is 4.50. The lowest BCUT2D eigenvalue weighted by molar-refractivity contribution is 0.124. The van der Waals surface area contributed by atoms with E-state index in [4.69, 9.17) is 23.2 Å². The second kappa shape index (κ2) is 4.29. The molecule has 0 rings (SSSR count). The molecule has 0 amide bonds. The van der Waals surface area contributed by atoms with Gasteiger partial charge in [-0.2, -0.15) is 0 Å². The summed E-state index contributed by atoms with van der Waals surface area (Å²) >= 11 is 10.5. The summed E-state index contributed by atoms with van der Waals surface area (Å²) in [5.74, 6) is -0.576. The van der Waals surface area contributed by atoms with E-state index in [2.05, 4.69) is 6.92 Å². The second-order valence-electron chi connectivity index (χ2n) is 1.72. The Morgan fingerprint density at radius 1 is 1.33 bits per heavy atom. The van der Waals surface area contributed by atoms with E-state index in [9.17, 15) is 8.78 Å². The van der Waals surface area contributed by atoms with Crippen molar-refractivity contribution in [3.8, 4) is 0 Å². The molecule has 0 aliphatic carbocycles. The molecule has 0 bridgehead atoms. The first-order chi connectivity index (χ1) is 4.04. The van der Waals surface area contributed by atoms with Gasteiger partial charge in [0.25, 0.3) is 0 Å². The van der Waals surface area contributed by atoms with Gasteiger partial charge in [-0.3, -0.25) is 0 Å². The zero-order valence-corrected chi connectivity index (χ0v) is 6.17. The minimum Gasteiger partial charge on any atom is -0.211 e. The highest BCUT2D eigenvalue weighted by molar-refractivity contribution is 6.44. The van der Waals surface area contributed by atoms with Crippen molar-refractivity contribution in [1.29, 1.82) is 0 Å².